The number of thiophene rings is 1. The quantitative estimate of drug-likeness (QED) is 0.879. The molecule has 4 atom stereocenters. The highest BCUT2D eigenvalue weighted by Crippen LogP contribution is 2.35. The number of hydrogen-bond acceptors (Lipinski definition) is 4. The Hall–Kier alpha value is -0.420. The lowest BCUT2D eigenvalue weighted by molar-refractivity contribution is 0.119. The number of hydrogen-bond donors (Lipinski definition) is 2. The zero-order valence-corrected chi connectivity index (χ0v) is 12.3. The van der Waals surface area contributed by atoms with E-state index in [0.717, 1.165) is 19.5 Å². The maximum absolute atomic E-state index is 9.72. The molecule has 1 fully saturated rings. The van der Waals surface area contributed by atoms with Gasteiger partial charge in [-0.3, -0.25) is 4.90 Å². The van der Waals surface area contributed by atoms with E-state index in [2.05, 4.69) is 30.2 Å². The molecular weight excluding hydrogens is 244 g/mol. The summed E-state index contributed by atoms with van der Waals surface area (Å²) in [6.45, 7) is 8.13. The monoisotopic (exact) mass is 268 g/mol. The van der Waals surface area contributed by atoms with Gasteiger partial charge >= 0.3 is 0 Å². The molecule has 0 spiro atoms. The van der Waals surface area contributed by atoms with Crippen LogP contribution >= 0.6 is 11.3 Å². The van der Waals surface area contributed by atoms with Gasteiger partial charge in [0, 0.05) is 17.5 Å². The summed E-state index contributed by atoms with van der Waals surface area (Å²) >= 11 is 1.80. The molecule has 1 aromatic rings. The highest BCUT2D eigenvalue weighted by atomic mass is 32.1. The van der Waals surface area contributed by atoms with Crippen LogP contribution in [0.5, 0.6) is 0 Å². The Kier molecular flexibility index (Phi) is 4.43. The summed E-state index contributed by atoms with van der Waals surface area (Å²) in [6, 6.07) is 2.58. The van der Waals surface area contributed by atoms with Crippen LogP contribution < -0.4 is 5.73 Å². The number of nitrogens with two attached hydrogens (primary N) is 1. The molecule has 3 N–H and O–H groups in total. The number of nitrogens with zero attached hydrogens (tertiary/aromatic N) is 1. The second-order valence-corrected chi connectivity index (χ2v) is 6.50. The number of aliphatic hydroxyl groups is 1. The van der Waals surface area contributed by atoms with Gasteiger partial charge in [-0.1, -0.05) is 0 Å². The predicted octanol–water partition coefficient (Wildman–Crippen LogP) is 2.15. The van der Waals surface area contributed by atoms with Crippen molar-refractivity contribution in [3.8, 4) is 0 Å². The minimum absolute atomic E-state index is 0.120. The molecule has 0 amide bonds. The minimum atomic E-state index is -0.215. The molecule has 3 nitrogen and oxygen atoms in total. The van der Waals surface area contributed by atoms with E-state index in [4.69, 9.17) is 5.73 Å². The van der Waals surface area contributed by atoms with Crippen molar-refractivity contribution in [1.82, 2.24) is 4.90 Å². The standard InChI is InChI=1S/C14H24N2OS/c1-9-5-7-18-14(9)13(10(2)15)16-6-4-12(8-16)11(3)17/h5,7,10-13,17H,4,6,8,15H2,1-3H3. The van der Waals surface area contributed by atoms with Crippen molar-refractivity contribution in [1.29, 1.82) is 0 Å². The summed E-state index contributed by atoms with van der Waals surface area (Å²) in [5.74, 6) is 0.395. The molecule has 4 heteroatoms. The lowest BCUT2D eigenvalue weighted by Gasteiger charge is -2.31. The summed E-state index contributed by atoms with van der Waals surface area (Å²) in [7, 11) is 0. The summed E-state index contributed by atoms with van der Waals surface area (Å²) in [4.78, 5) is 3.83. The Morgan fingerprint density at radius 3 is 2.67 bits per heavy atom. The summed E-state index contributed by atoms with van der Waals surface area (Å²) in [6.07, 6.45) is 0.860. The predicted molar refractivity (Wildman–Crippen MR) is 76.8 cm³/mol. The van der Waals surface area contributed by atoms with Crippen molar-refractivity contribution in [2.75, 3.05) is 13.1 Å². The van der Waals surface area contributed by atoms with E-state index < -0.39 is 0 Å². The SMILES string of the molecule is Cc1ccsc1C(C(C)N)N1CCC(C(C)O)C1. The van der Waals surface area contributed by atoms with Crippen molar-refractivity contribution in [3.05, 3.63) is 21.9 Å². The molecule has 2 rings (SSSR count). The van der Waals surface area contributed by atoms with E-state index in [1.807, 2.05) is 6.92 Å². The topological polar surface area (TPSA) is 49.5 Å². The lowest BCUT2D eigenvalue weighted by atomic mass is 10.0. The fourth-order valence-corrected chi connectivity index (χ4v) is 4.06. The lowest BCUT2D eigenvalue weighted by Crippen LogP contribution is -2.38. The second-order valence-electron chi connectivity index (χ2n) is 5.56. The molecule has 1 aromatic heterocycles. The van der Waals surface area contributed by atoms with Crippen LogP contribution in [0.1, 0.15) is 36.8 Å². The second kappa shape index (κ2) is 5.70. The van der Waals surface area contributed by atoms with Crippen LogP contribution in [-0.2, 0) is 0 Å². The van der Waals surface area contributed by atoms with Gasteiger partial charge in [0.25, 0.3) is 0 Å². The average Bonchev–Trinajstić information content (AvgIpc) is 2.89. The molecule has 0 radical (unpaired) electrons. The first-order chi connectivity index (χ1) is 8.50. The van der Waals surface area contributed by atoms with Gasteiger partial charge in [0.2, 0.25) is 0 Å². The van der Waals surface area contributed by atoms with Crippen molar-refractivity contribution in [2.45, 2.75) is 45.4 Å². The smallest absolute Gasteiger partial charge is 0.0593 e. The van der Waals surface area contributed by atoms with Crippen molar-refractivity contribution in [2.24, 2.45) is 11.7 Å². The van der Waals surface area contributed by atoms with Crippen LogP contribution in [0.15, 0.2) is 11.4 Å². The minimum Gasteiger partial charge on any atom is -0.393 e. The van der Waals surface area contributed by atoms with Gasteiger partial charge in [-0.15, -0.1) is 11.3 Å². The maximum atomic E-state index is 9.72. The van der Waals surface area contributed by atoms with E-state index >= 15 is 0 Å². The Labute approximate surface area is 114 Å². The van der Waals surface area contributed by atoms with E-state index in [0.29, 0.717) is 12.0 Å². The Bertz CT molecular complexity index is 389. The summed E-state index contributed by atoms with van der Waals surface area (Å²) in [5.41, 5.74) is 7.54. The van der Waals surface area contributed by atoms with Crippen molar-refractivity contribution >= 4 is 11.3 Å². The molecule has 0 aromatic carbocycles. The first-order valence-electron chi connectivity index (χ1n) is 6.72. The molecule has 102 valence electrons. The zero-order valence-electron chi connectivity index (χ0n) is 11.5. The van der Waals surface area contributed by atoms with E-state index in [1.165, 1.54) is 10.4 Å². The molecule has 1 saturated heterocycles. The molecule has 1 aliphatic heterocycles. The normalized spacial score (nSPS) is 26.2. The Balaban J connectivity index is 2.15. The van der Waals surface area contributed by atoms with Crippen LogP contribution in [0, 0.1) is 12.8 Å². The first-order valence-corrected chi connectivity index (χ1v) is 7.60. The van der Waals surface area contributed by atoms with Crippen LogP contribution in [0.3, 0.4) is 0 Å². The Morgan fingerprint density at radius 2 is 2.22 bits per heavy atom. The number of likely N-dealkylation sites (tertiary alicyclic amines) is 1. The van der Waals surface area contributed by atoms with Gasteiger partial charge in [0.1, 0.15) is 0 Å². The fourth-order valence-electron chi connectivity index (χ4n) is 2.89. The van der Waals surface area contributed by atoms with Gasteiger partial charge < -0.3 is 10.8 Å². The molecular formula is C14H24N2OS. The maximum Gasteiger partial charge on any atom is 0.0593 e. The highest BCUT2D eigenvalue weighted by molar-refractivity contribution is 7.10. The molecule has 1 aliphatic rings. The van der Waals surface area contributed by atoms with Gasteiger partial charge in [-0.25, -0.2) is 0 Å². The number of aryl methyl sites for hydroxylation is 1. The molecule has 2 heterocycles. The molecule has 0 aliphatic carbocycles. The third-order valence-corrected chi connectivity index (χ3v) is 5.09. The van der Waals surface area contributed by atoms with Gasteiger partial charge in [-0.05, 0) is 56.7 Å². The number of aliphatic hydroxyl groups excluding tert-OH is 1. The zero-order chi connectivity index (χ0) is 13.3. The van der Waals surface area contributed by atoms with Gasteiger partial charge in [-0.2, -0.15) is 0 Å². The van der Waals surface area contributed by atoms with Gasteiger partial charge in [0.05, 0.1) is 12.1 Å². The first kappa shape index (κ1) is 14.0. The fraction of sp³-hybridized carbons (Fsp3) is 0.714. The van der Waals surface area contributed by atoms with Crippen molar-refractivity contribution in [3.63, 3.8) is 0 Å². The van der Waals surface area contributed by atoms with E-state index in [9.17, 15) is 5.11 Å². The third kappa shape index (κ3) is 2.77. The van der Waals surface area contributed by atoms with Crippen LogP contribution in [-0.4, -0.2) is 35.2 Å². The third-order valence-electron chi connectivity index (χ3n) is 4.00. The van der Waals surface area contributed by atoms with Crippen molar-refractivity contribution < 1.29 is 5.11 Å². The van der Waals surface area contributed by atoms with E-state index in [1.54, 1.807) is 11.3 Å². The summed E-state index contributed by atoms with van der Waals surface area (Å²) in [5, 5.41) is 11.9. The van der Waals surface area contributed by atoms with Crippen LogP contribution in [0.2, 0.25) is 0 Å². The number of rotatable bonds is 4. The molecule has 0 bridgehead atoms. The molecule has 4 unspecified atom stereocenters. The van der Waals surface area contributed by atoms with Crippen LogP contribution in [0.4, 0.5) is 0 Å². The van der Waals surface area contributed by atoms with E-state index in [-0.39, 0.29) is 12.1 Å². The largest absolute Gasteiger partial charge is 0.393 e. The summed E-state index contributed by atoms with van der Waals surface area (Å²) < 4.78 is 0. The van der Waals surface area contributed by atoms with Gasteiger partial charge in [0.15, 0.2) is 0 Å². The Morgan fingerprint density at radius 1 is 1.50 bits per heavy atom. The van der Waals surface area contributed by atoms with Crippen LogP contribution in [0.25, 0.3) is 0 Å². The highest BCUT2D eigenvalue weighted by Gasteiger charge is 2.34. The molecule has 0 saturated carbocycles. The molecule has 18 heavy (non-hydrogen) atoms. The average molecular weight is 268 g/mol.